The molecule has 0 spiro atoms. The molecule has 1 N–H and O–H groups in total. The number of rotatable bonds is 2. The molecule has 1 aromatic carbocycles. The summed E-state index contributed by atoms with van der Waals surface area (Å²) in [6.45, 7) is 3.20. The fourth-order valence-corrected chi connectivity index (χ4v) is 2.87. The Labute approximate surface area is 107 Å². The third kappa shape index (κ3) is 2.74. The number of benzene rings is 1. The number of ether oxygens (including phenoxy) is 1. The lowest BCUT2D eigenvalue weighted by Gasteiger charge is -2.18. The minimum absolute atomic E-state index is 0.280. The summed E-state index contributed by atoms with van der Waals surface area (Å²) in [4.78, 5) is 0. The van der Waals surface area contributed by atoms with Crippen molar-refractivity contribution in [2.75, 3.05) is 6.54 Å². The third-order valence-electron chi connectivity index (χ3n) is 2.63. The first-order valence-corrected chi connectivity index (χ1v) is 6.60. The van der Waals surface area contributed by atoms with Gasteiger partial charge in [0, 0.05) is 10.5 Å². The molecule has 0 aromatic heterocycles. The number of hydrogen-bond donors (Lipinski definition) is 1. The van der Waals surface area contributed by atoms with Gasteiger partial charge in [-0.1, -0.05) is 15.9 Å². The van der Waals surface area contributed by atoms with Crippen molar-refractivity contribution < 1.29 is 4.74 Å². The summed E-state index contributed by atoms with van der Waals surface area (Å²) >= 11 is 6.92. The smallest absolute Gasteiger partial charge is 0.134 e. The van der Waals surface area contributed by atoms with Crippen LogP contribution in [0.5, 0.6) is 5.75 Å². The Kier molecular flexibility index (Phi) is 3.69. The first-order valence-electron chi connectivity index (χ1n) is 5.02. The van der Waals surface area contributed by atoms with Crippen LogP contribution in [0.2, 0.25) is 0 Å². The van der Waals surface area contributed by atoms with Gasteiger partial charge in [-0.25, -0.2) is 0 Å². The van der Waals surface area contributed by atoms with Crippen molar-refractivity contribution >= 4 is 31.9 Å². The highest BCUT2D eigenvalue weighted by Gasteiger charge is 2.24. The van der Waals surface area contributed by atoms with Gasteiger partial charge in [-0.05, 0) is 54.0 Å². The molecule has 2 nitrogen and oxygen atoms in total. The molecule has 15 heavy (non-hydrogen) atoms. The van der Waals surface area contributed by atoms with Gasteiger partial charge in [-0.15, -0.1) is 0 Å². The van der Waals surface area contributed by atoms with E-state index in [1.54, 1.807) is 0 Å². The number of nitrogens with one attached hydrogen (secondary N) is 1. The zero-order chi connectivity index (χ0) is 10.8. The molecule has 2 unspecified atom stereocenters. The second-order valence-electron chi connectivity index (χ2n) is 3.76. The summed E-state index contributed by atoms with van der Waals surface area (Å²) in [5.41, 5.74) is 0. The minimum Gasteiger partial charge on any atom is -0.488 e. The quantitative estimate of drug-likeness (QED) is 0.895. The van der Waals surface area contributed by atoms with Crippen molar-refractivity contribution in [1.29, 1.82) is 0 Å². The van der Waals surface area contributed by atoms with Gasteiger partial charge >= 0.3 is 0 Å². The van der Waals surface area contributed by atoms with Crippen LogP contribution < -0.4 is 10.1 Å². The molecule has 0 aliphatic carbocycles. The molecule has 1 aliphatic rings. The molecular weight excluding hydrogens is 322 g/mol. The molecule has 0 amide bonds. The van der Waals surface area contributed by atoms with E-state index in [1.807, 2.05) is 18.2 Å². The molecule has 2 rings (SSSR count). The minimum atomic E-state index is 0.280. The van der Waals surface area contributed by atoms with E-state index in [0.29, 0.717) is 6.04 Å². The molecule has 4 heteroatoms. The lowest BCUT2D eigenvalue weighted by Crippen LogP contribution is -2.30. The molecular formula is C11H13Br2NO. The second-order valence-corrected chi connectivity index (χ2v) is 5.53. The van der Waals surface area contributed by atoms with Crippen molar-refractivity contribution in [2.24, 2.45) is 0 Å². The fourth-order valence-electron chi connectivity index (χ4n) is 1.73. The van der Waals surface area contributed by atoms with E-state index >= 15 is 0 Å². The van der Waals surface area contributed by atoms with Gasteiger partial charge in [0.15, 0.2) is 0 Å². The van der Waals surface area contributed by atoms with E-state index in [1.165, 1.54) is 0 Å². The van der Waals surface area contributed by atoms with Crippen LogP contribution in [-0.2, 0) is 0 Å². The normalized spacial score (nSPS) is 25.5. The lowest BCUT2D eigenvalue weighted by molar-refractivity contribution is 0.191. The highest BCUT2D eigenvalue weighted by Crippen LogP contribution is 2.30. The zero-order valence-electron chi connectivity index (χ0n) is 8.47. The molecule has 0 saturated carbocycles. The van der Waals surface area contributed by atoms with Crippen molar-refractivity contribution in [1.82, 2.24) is 5.32 Å². The molecule has 1 aromatic rings. The van der Waals surface area contributed by atoms with E-state index in [2.05, 4.69) is 44.1 Å². The van der Waals surface area contributed by atoms with E-state index in [-0.39, 0.29) is 6.10 Å². The first kappa shape index (κ1) is 11.4. The van der Waals surface area contributed by atoms with Gasteiger partial charge in [0.1, 0.15) is 11.9 Å². The van der Waals surface area contributed by atoms with Gasteiger partial charge in [-0.2, -0.15) is 0 Å². The van der Waals surface area contributed by atoms with Crippen LogP contribution in [0.4, 0.5) is 0 Å². The van der Waals surface area contributed by atoms with Crippen LogP contribution in [0.15, 0.2) is 27.1 Å². The maximum Gasteiger partial charge on any atom is 0.134 e. The van der Waals surface area contributed by atoms with Gasteiger partial charge < -0.3 is 10.1 Å². The van der Waals surface area contributed by atoms with Crippen LogP contribution in [0, 0.1) is 0 Å². The Morgan fingerprint density at radius 2 is 2.20 bits per heavy atom. The monoisotopic (exact) mass is 333 g/mol. The summed E-state index contributed by atoms with van der Waals surface area (Å²) in [5, 5.41) is 3.37. The van der Waals surface area contributed by atoms with Gasteiger partial charge in [-0.3, -0.25) is 0 Å². The first-order chi connectivity index (χ1) is 7.16. The van der Waals surface area contributed by atoms with Crippen LogP contribution in [0.1, 0.15) is 13.3 Å². The predicted molar refractivity (Wildman–Crippen MR) is 68.3 cm³/mol. The van der Waals surface area contributed by atoms with Crippen molar-refractivity contribution in [2.45, 2.75) is 25.5 Å². The van der Waals surface area contributed by atoms with E-state index in [9.17, 15) is 0 Å². The highest BCUT2D eigenvalue weighted by molar-refractivity contribution is 9.11. The topological polar surface area (TPSA) is 21.3 Å². The lowest BCUT2D eigenvalue weighted by atomic mass is 10.2. The standard InChI is InChI=1S/C11H13Br2NO/c1-7-10(4-5-14-7)15-11-3-2-8(12)6-9(11)13/h2-3,6-7,10,14H,4-5H2,1H3. The van der Waals surface area contributed by atoms with E-state index in [0.717, 1.165) is 27.7 Å². The molecule has 1 heterocycles. The summed E-state index contributed by atoms with van der Waals surface area (Å²) in [7, 11) is 0. The number of hydrogen-bond acceptors (Lipinski definition) is 2. The fraction of sp³-hybridized carbons (Fsp3) is 0.455. The molecule has 1 aliphatic heterocycles. The Bertz CT molecular complexity index is 356. The molecule has 1 fully saturated rings. The number of halogens is 2. The second kappa shape index (κ2) is 4.85. The maximum atomic E-state index is 5.94. The molecule has 0 radical (unpaired) electrons. The summed E-state index contributed by atoms with van der Waals surface area (Å²) < 4.78 is 7.99. The predicted octanol–water partition coefficient (Wildman–Crippen LogP) is 3.34. The van der Waals surface area contributed by atoms with Gasteiger partial charge in [0.25, 0.3) is 0 Å². The molecule has 1 saturated heterocycles. The summed E-state index contributed by atoms with van der Waals surface area (Å²) in [6.07, 6.45) is 1.35. The van der Waals surface area contributed by atoms with E-state index < -0.39 is 0 Å². The molecule has 0 bridgehead atoms. The van der Waals surface area contributed by atoms with Crippen molar-refractivity contribution in [3.8, 4) is 5.75 Å². The maximum absolute atomic E-state index is 5.94. The Morgan fingerprint density at radius 3 is 2.80 bits per heavy atom. The average molecular weight is 335 g/mol. The van der Waals surface area contributed by atoms with Crippen LogP contribution in [0.3, 0.4) is 0 Å². The van der Waals surface area contributed by atoms with Crippen molar-refractivity contribution in [3.05, 3.63) is 27.1 Å². The third-order valence-corrected chi connectivity index (χ3v) is 3.74. The van der Waals surface area contributed by atoms with Gasteiger partial charge in [0.2, 0.25) is 0 Å². The summed E-state index contributed by atoms with van der Waals surface area (Å²) in [6, 6.07) is 6.41. The van der Waals surface area contributed by atoms with E-state index in [4.69, 9.17) is 4.74 Å². The Morgan fingerprint density at radius 1 is 1.40 bits per heavy atom. The van der Waals surface area contributed by atoms with Crippen molar-refractivity contribution in [3.63, 3.8) is 0 Å². The molecule has 82 valence electrons. The molecule has 2 atom stereocenters. The zero-order valence-corrected chi connectivity index (χ0v) is 11.6. The SMILES string of the molecule is CC1NCCC1Oc1ccc(Br)cc1Br. The summed E-state index contributed by atoms with van der Waals surface area (Å²) in [5.74, 6) is 0.916. The Balaban J connectivity index is 2.10. The Hall–Kier alpha value is -0.0600. The van der Waals surface area contributed by atoms with Gasteiger partial charge in [0.05, 0.1) is 4.47 Å². The van der Waals surface area contributed by atoms with Crippen LogP contribution in [0.25, 0.3) is 0 Å². The van der Waals surface area contributed by atoms with Crippen LogP contribution in [-0.4, -0.2) is 18.7 Å². The van der Waals surface area contributed by atoms with Crippen LogP contribution >= 0.6 is 31.9 Å². The average Bonchev–Trinajstić information content (AvgIpc) is 2.57. The largest absolute Gasteiger partial charge is 0.488 e. The highest BCUT2D eigenvalue weighted by atomic mass is 79.9.